The fraction of sp³-hybridized carbons (Fsp3) is 0. The number of anilines is 2. The van der Waals surface area contributed by atoms with E-state index < -0.39 is 0 Å². The van der Waals surface area contributed by atoms with Gasteiger partial charge in [-0.15, -0.1) is 0 Å². The topological polar surface area (TPSA) is 88.7 Å². The van der Waals surface area contributed by atoms with Crippen LogP contribution in [0.25, 0.3) is 0 Å². The van der Waals surface area contributed by atoms with E-state index in [2.05, 4.69) is 4.98 Å². The average Bonchev–Trinajstić information content (AvgIpc) is 1.85. The van der Waals surface area contributed by atoms with Gasteiger partial charge in [0.05, 0.1) is 0 Å². The first kappa shape index (κ1) is 6.36. The van der Waals surface area contributed by atoms with E-state index in [1.54, 1.807) is 0 Å². The van der Waals surface area contributed by atoms with Gasteiger partial charge < -0.3 is 11.5 Å². The van der Waals surface area contributed by atoms with Gasteiger partial charge in [-0.25, -0.2) is 4.98 Å². The van der Waals surface area contributed by atoms with E-state index in [1.165, 1.54) is 12.1 Å². The second-order valence-electron chi connectivity index (χ2n) is 1.82. The van der Waals surface area contributed by atoms with Gasteiger partial charge in [0.1, 0.15) is 17.6 Å². The minimum absolute atomic E-state index is 0.248. The summed E-state index contributed by atoms with van der Waals surface area (Å²) in [5, 5.41) is 8.36. The van der Waals surface area contributed by atoms with Crippen LogP contribution >= 0.6 is 0 Å². The summed E-state index contributed by atoms with van der Waals surface area (Å²) < 4.78 is 0. The molecule has 0 aliphatic rings. The highest BCUT2D eigenvalue weighted by Gasteiger charge is 1.94. The number of rotatable bonds is 0. The Balaban J connectivity index is 3.22. The second-order valence-corrected chi connectivity index (χ2v) is 1.82. The van der Waals surface area contributed by atoms with Gasteiger partial charge >= 0.3 is 0 Å². The number of nitrogens with two attached hydrogens (primary N) is 2. The third-order valence-corrected chi connectivity index (χ3v) is 0.982. The first-order chi connectivity index (χ1) is 4.72. The van der Waals surface area contributed by atoms with Crippen LogP contribution in [0.5, 0.6) is 0 Å². The minimum Gasteiger partial charge on any atom is -0.399 e. The van der Waals surface area contributed by atoms with Crippen LogP contribution in [0.3, 0.4) is 0 Å². The molecule has 1 heterocycles. The molecule has 1 rings (SSSR count). The molecule has 1 aromatic rings. The summed E-state index contributed by atoms with van der Waals surface area (Å²) in [6, 6.07) is 4.81. The molecule has 10 heavy (non-hydrogen) atoms. The zero-order valence-electron chi connectivity index (χ0n) is 5.20. The average molecular weight is 134 g/mol. The molecule has 0 unspecified atom stereocenters. The Bertz CT molecular complexity index is 266. The van der Waals surface area contributed by atoms with E-state index in [1.807, 2.05) is 6.07 Å². The number of hydrogen-bond acceptors (Lipinski definition) is 4. The highest BCUT2D eigenvalue weighted by Crippen LogP contribution is 2.07. The van der Waals surface area contributed by atoms with Crippen LogP contribution in [0, 0.1) is 11.3 Å². The van der Waals surface area contributed by atoms with Gasteiger partial charge in [-0.2, -0.15) is 5.26 Å². The Labute approximate surface area is 58.1 Å². The Morgan fingerprint density at radius 3 is 2.60 bits per heavy atom. The number of pyridine rings is 1. The van der Waals surface area contributed by atoms with Crippen molar-refractivity contribution in [1.29, 1.82) is 5.26 Å². The molecule has 0 radical (unpaired) electrons. The van der Waals surface area contributed by atoms with Crippen molar-refractivity contribution >= 4 is 11.5 Å². The van der Waals surface area contributed by atoms with Gasteiger partial charge in [0, 0.05) is 11.8 Å². The van der Waals surface area contributed by atoms with E-state index in [9.17, 15) is 0 Å². The van der Waals surface area contributed by atoms with E-state index in [0.29, 0.717) is 5.69 Å². The number of nitriles is 1. The Morgan fingerprint density at radius 2 is 2.10 bits per heavy atom. The Kier molecular flexibility index (Phi) is 1.42. The molecule has 0 bridgehead atoms. The molecule has 0 aliphatic heterocycles. The molecule has 0 aromatic carbocycles. The number of nitrogens with zero attached hydrogens (tertiary/aromatic N) is 2. The van der Waals surface area contributed by atoms with Crippen molar-refractivity contribution in [1.82, 2.24) is 4.98 Å². The van der Waals surface area contributed by atoms with Gasteiger partial charge in [0.15, 0.2) is 0 Å². The molecule has 0 amide bonds. The van der Waals surface area contributed by atoms with E-state index in [0.717, 1.165) is 0 Å². The van der Waals surface area contributed by atoms with Crippen LogP contribution in [0.1, 0.15) is 5.69 Å². The molecule has 0 aliphatic carbocycles. The Morgan fingerprint density at radius 1 is 1.40 bits per heavy atom. The first-order valence-corrected chi connectivity index (χ1v) is 2.65. The van der Waals surface area contributed by atoms with Gasteiger partial charge in [0.2, 0.25) is 0 Å². The second kappa shape index (κ2) is 2.23. The lowest BCUT2D eigenvalue weighted by Gasteiger charge is -1.94. The number of nitrogen functional groups attached to an aromatic ring is 2. The molecule has 4 N–H and O–H groups in total. The third kappa shape index (κ3) is 1.14. The van der Waals surface area contributed by atoms with Crippen molar-refractivity contribution in [2.75, 3.05) is 11.5 Å². The summed E-state index contributed by atoms with van der Waals surface area (Å²) in [7, 11) is 0. The molecule has 0 saturated carbocycles. The first-order valence-electron chi connectivity index (χ1n) is 2.65. The van der Waals surface area contributed by atoms with Crippen molar-refractivity contribution in [3.63, 3.8) is 0 Å². The van der Waals surface area contributed by atoms with Gasteiger partial charge in [-0.05, 0) is 6.07 Å². The maximum atomic E-state index is 8.36. The van der Waals surface area contributed by atoms with Crippen molar-refractivity contribution in [2.24, 2.45) is 0 Å². The lowest BCUT2D eigenvalue weighted by Crippen LogP contribution is -1.95. The monoisotopic (exact) mass is 134 g/mol. The van der Waals surface area contributed by atoms with Crippen LogP contribution in [0.4, 0.5) is 11.5 Å². The molecule has 4 heteroatoms. The summed E-state index contributed by atoms with van der Waals surface area (Å²) in [4.78, 5) is 3.69. The highest BCUT2D eigenvalue weighted by molar-refractivity contribution is 5.50. The Hall–Kier alpha value is -1.76. The van der Waals surface area contributed by atoms with Crippen molar-refractivity contribution in [2.45, 2.75) is 0 Å². The van der Waals surface area contributed by atoms with Crippen LogP contribution in [0.15, 0.2) is 12.1 Å². The predicted molar refractivity (Wildman–Crippen MR) is 37.8 cm³/mol. The molecule has 50 valence electrons. The van der Waals surface area contributed by atoms with Crippen molar-refractivity contribution in [3.05, 3.63) is 17.8 Å². The molecular weight excluding hydrogens is 128 g/mol. The van der Waals surface area contributed by atoms with E-state index in [4.69, 9.17) is 16.7 Å². The van der Waals surface area contributed by atoms with Crippen LogP contribution in [-0.4, -0.2) is 4.98 Å². The zero-order chi connectivity index (χ0) is 7.56. The van der Waals surface area contributed by atoms with Gasteiger partial charge in [-0.1, -0.05) is 0 Å². The zero-order valence-corrected chi connectivity index (χ0v) is 5.20. The lowest BCUT2D eigenvalue weighted by atomic mass is 10.3. The smallest absolute Gasteiger partial charge is 0.144 e. The summed E-state index contributed by atoms with van der Waals surface area (Å²) in [6.07, 6.45) is 0. The quantitative estimate of drug-likeness (QED) is 0.527. The third-order valence-electron chi connectivity index (χ3n) is 0.982. The van der Waals surface area contributed by atoms with Gasteiger partial charge in [0.25, 0.3) is 0 Å². The molecule has 0 spiro atoms. The summed E-state index contributed by atoms with van der Waals surface area (Å²) in [5.41, 5.74) is 11.4. The normalized spacial score (nSPS) is 8.70. The SMILES string of the molecule is N#Cc1cc(N)cc(N)n1. The maximum Gasteiger partial charge on any atom is 0.144 e. The van der Waals surface area contributed by atoms with Crippen molar-refractivity contribution < 1.29 is 0 Å². The van der Waals surface area contributed by atoms with Gasteiger partial charge in [-0.3, -0.25) is 0 Å². The largest absolute Gasteiger partial charge is 0.399 e. The molecule has 0 atom stereocenters. The molecule has 1 aromatic heterocycles. The summed E-state index contributed by atoms with van der Waals surface area (Å²) in [5.74, 6) is 0.275. The lowest BCUT2D eigenvalue weighted by molar-refractivity contribution is 1.27. The molecular formula is C6H6N4. The maximum absolute atomic E-state index is 8.36. The molecule has 0 saturated heterocycles. The number of hydrogen-bond donors (Lipinski definition) is 2. The highest BCUT2D eigenvalue weighted by atomic mass is 14.8. The van der Waals surface area contributed by atoms with Crippen molar-refractivity contribution in [3.8, 4) is 6.07 Å². The van der Waals surface area contributed by atoms with Crippen LogP contribution < -0.4 is 11.5 Å². The fourth-order valence-corrected chi connectivity index (χ4v) is 0.631. The predicted octanol–water partition coefficient (Wildman–Crippen LogP) is 0.118. The summed E-state index contributed by atoms with van der Waals surface area (Å²) in [6.45, 7) is 0. The van der Waals surface area contributed by atoms with E-state index >= 15 is 0 Å². The molecule has 4 nitrogen and oxygen atoms in total. The standard InChI is InChI=1S/C6H6N4/c7-3-5-1-4(8)2-6(9)10-5/h1-2H,(H4,8,9,10). The molecule has 0 fully saturated rings. The van der Waals surface area contributed by atoms with Crippen LogP contribution in [0.2, 0.25) is 0 Å². The fourth-order valence-electron chi connectivity index (χ4n) is 0.631. The van der Waals surface area contributed by atoms with E-state index in [-0.39, 0.29) is 11.5 Å². The van der Waals surface area contributed by atoms with Crippen LogP contribution in [-0.2, 0) is 0 Å². The minimum atomic E-state index is 0.248. The number of aromatic nitrogens is 1. The summed E-state index contributed by atoms with van der Waals surface area (Å²) >= 11 is 0.